The fourth-order valence-corrected chi connectivity index (χ4v) is 1.27. The minimum atomic E-state index is -1.78. The van der Waals surface area contributed by atoms with Crippen LogP contribution in [0.3, 0.4) is 0 Å². The predicted octanol–water partition coefficient (Wildman–Crippen LogP) is -0.254. The van der Waals surface area contributed by atoms with Crippen LogP contribution in [0.2, 0.25) is 0 Å². The highest BCUT2D eigenvalue weighted by atomic mass is 16.6. The summed E-state index contributed by atoms with van der Waals surface area (Å²) in [5.74, 6) is -1.84. The average Bonchev–Trinajstić information content (AvgIpc) is 2.26. The highest BCUT2D eigenvalue weighted by molar-refractivity contribution is 5.74. The smallest absolute Gasteiger partial charge is 0.323 e. The summed E-state index contributed by atoms with van der Waals surface area (Å²) in [6.45, 7) is 0. The van der Waals surface area contributed by atoms with E-state index < -0.39 is 28.7 Å². The zero-order chi connectivity index (χ0) is 13.2. The molecule has 0 aliphatic rings. The van der Waals surface area contributed by atoms with Gasteiger partial charge in [-0.05, 0) is 12.1 Å². The van der Waals surface area contributed by atoms with Gasteiger partial charge in [-0.1, -0.05) is 0 Å². The quantitative estimate of drug-likeness (QED) is 0.420. The zero-order valence-corrected chi connectivity index (χ0v) is 8.48. The van der Waals surface area contributed by atoms with E-state index in [1.165, 1.54) is 0 Å². The van der Waals surface area contributed by atoms with E-state index in [4.69, 9.17) is 15.9 Å². The van der Waals surface area contributed by atoms with Gasteiger partial charge in [0.1, 0.15) is 17.9 Å². The lowest BCUT2D eigenvalue weighted by Gasteiger charge is -2.15. The van der Waals surface area contributed by atoms with Gasteiger partial charge < -0.3 is 21.1 Å². The van der Waals surface area contributed by atoms with Crippen molar-refractivity contribution in [3.05, 3.63) is 33.9 Å². The Hall–Kier alpha value is -2.19. The third-order valence-electron chi connectivity index (χ3n) is 2.15. The third kappa shape index (κ3) is 2.68. The Bertz CT molecular complexity index is 461. The molecule has 17 heavy (non-hydrogen) atoms. The molecule has 92 valence electrons. The number of aliphatic carboxylic acids is 1. The molecule has 1 rings (SSSR count). The van der Waals surface area contributed by atoms with Gasteiger partial charge in [-0.15, -0.1) is 0 Å². The number of nitrogens with two attached hydrogens (primary N) is 1. The van der Waals surface area contributed by atoms with E-state index >= 15 is 0 Å². The van der Waals surface area contributed by atoms with Gasteiger partial charge in [-0.2, -0.15) is 0 Å². The van der Waals surface area contributed by atoms with Crippen LogP contribution in [0, 0.1) is 10.1 Å². The van der Waals surface area contributed by atoms with E-state index in [2.05, 4.69) is 0 Å². The number of rotatable bonds is 4. The van der Waals surface area contributed by atoms with Crippen LogP contribution < -0.4 is 5.73 Å². The van der Waals surface area contributed by atoms with Gasteiger partial charge in [-0.25, -0.2) is 0 Å². The van der Waals surface area contributed by atoms with Crippen molar-refractivity contribution in [3.8, 4) is 5.75 Å². The van der Waals surface area contributed by atoms with Crippen LogP contribution in [0.15, 0.2) is 18.2 Å². The molecule has 0 saturated heterocycles. The Balaban J connectivity index is 3.23. The lowest BCUT2D eigenvalue weighted by Crippen LogP contribution is -2.36. The van der Waals surface area contributed by atoms with Crippen molar-refractivity contribution in [2.75, 3.05) is 0 Å². The van der Waals surface area contributed by atoms with Crippen molar-refractivity contribution in [3.63, 3.8) is 0 Å². The Morgan fingerprint density at radius 3 is 2.53 bits per heavy atom. The van der Waals surface area contributed by atoms with Crippen LogP contribution in [0.4, 0.5) is 5.69 Å². The first-order valence-corrected chi connectivity index (χ1v) is 4.48. The van der Waals surface area contributed by atoms with E-state index in [0.29, 0.717) is 0 Å². The van der Waals surface area contributed by atoms with Gasteiger partial charge in [0.25, 0.3) is 5.69 Å². The fourth-order valence-electron chi connectivity index (χ4n) is 1.27. The summed E-state index contributed by atoms with van der Waals surface area (Å²) in [5, 5.41) is 38.0. The van der Waals surface area contributed by atoms with Crippen molar-refractivity contribution in [2.45, 2.75) is 12.1 Å². The van der Waals surface area contributed by atoms with E-state index in [1.54, 1.807) is 0 Å². The van der Waals surface area contributed by atoms with Crippen molar-refractivity contribution in [2.24, 2.45) is 5.73 Å². The number of aromatic hydroxyl groups is 1. The number of nitro benzene ring substituents is 1. The van der Waals surface area contributed by atoms with E-state index in [9.17, 15) is 20.0 Å². The van der Waals surface area contributed by atoms with Gasteiger partial charge in [0, 0.05) is 6.07 Å². The molecule has 2 atom stereocenters. The number of carboxylic acid groups (broad SMARTS) is 1. The molecule has 8 nitrogen and oxygen atoms in total. The lowest BCUT2D eigenvalue weighted by atomic mass is 10.0. The summed E-state index contributed by atoms with van der Waals surface area (Å²) in [6.07, 6.45) is -1.78. The molecule has 1 aromatic rings. The summed E-state index contributed by atoms with van der Waals surface area (Å²) in [6, 6.07) is 1.21. The third-order valence-corrected chi connectivity index (χ3v) is 2.15. The molecule has 0 fully saturated rings. The fraction of sp³-hybridized carbons (Fsp3) is 0.222. The van der Waals surface area contributed by atoms with Crippen molar-refractivity contribution < 1.29 is 25.0 Å². The van der Waals surface area contributed by atoms with Gasteiger partial charge in [0.15, 0.2) is 0 Å². The number of phenols is 1. The van der Waals surface area contributed by atoms with Gasteiger partial charge in [0.2, 0.25) is 0 Å². The number of aliphatic hydroxyl groups is 1. The predicted molar refractivity (Wildman–Crippen MR) is 55.3 cm³/mol. The first-order valence-electron chi connectivity index (χ1n) is 4.48. The first-order chi connectivity index (χ1) is 7.84. The SMILES string of the molecule is NC(C(=O)O)C(O)c1cc(O)ccc1[N+](=O)[O-]. The Morgan fingerprint density at radius 2 is 2.06 bits per heavy atom. The number of hydrogen-bond acceptors (Lipinski definition) is 6. The largest absolute Gasteiger partial charge is 0.508 e. The molecule has 0 amide bonds. The zero-order valence-electron chi connectivity index (χ0n) is 8.48. The molecule has 1 aromatic carbocycles. The number of phenolic OH excluding ortho intramolecular Hbond substituents is 1. The normalized spacial score (nSPS) is 14.0. The number of nitro groups is 1. The Morgan fingerprint density at radius 1 is 1.47 bits per heavy atom. The van der Waals surface area contributed by atoms with Crippen LogP contribution in [-0.2, 0) is 4.79 Å². The summed E-state index contributed by atoms with van der Waals surface area (Å²) in [5.41, 5.74) is 4.31. The number of carbonyl (C=O) groups is 1. The highest BCUT2D eigenvalue weighted by Crippen LogP contribution is 2.30. The number of benzene rings is 1. The van der Waals surface area contributed by atoms with E-state index in [0.717, 1.165) is 18.2 Å². The van der Waals surface area contributed by atoms with Gasteiger partial charge in [-0.3, -0.25) is 14.9 Å². The number of aliphatic hydroxyl groups excluding tert-OH is 1. The maximum Gasteiger partial charge on any atom is 0.323 e. The molecular formula is C9H10N2O6. The molecule has 0 bridgehead atoms. The number of nitrogens with zero attached hydrogens (tertiary/aromatic N) is 1. The monoisotopic (exact) mass is 242 g/mol. The molecular weight excluding hydrogens is 232 g/mol. The summed E-state index contributed by atoms with van der Waals surface area (Å²) < 4.78 is 0. The maximum absolute atomic E-state index is 10.7. The maximum atomic E-state index is 10.7. The lowest BCUT2D eigenvalue weighted by molar-refractivity contribution is -0.386. The molecule has 5 N–H and O–H groups in total. The molecule has 0 aliphatic heterocycles. The second-order valence-corrected chi connectivity index (χ2v) is 3.31. The van der Waals surface area contributed by atoms with Crippen LogP contribution in [0.5, 0.6) is 5.75 Å². The second kappa shape index (κ2) is 4.76. The topological polar surface area (TPSA) is 147 Å². The first kappa shape index (κ1) is 12.9. The summed E-state index contributed by atoms with van der Waals surface area (Å²) >= 11 is 0. The average molecular weight is 242 g/mol. The second-order valence-electron chi connectivity index (χ2n) is 3.31. The van der Waals surface area contributed by atoms with E-state index in [-0.39, 0.29) is 11.3 Å². The minimum Gasteiger partial charge on any atom is -0.508 e. The molecule has 2 unspecified atom stereocenters. The number of hydrogen-bond donors (Lipinski definition) is 4. The van der Waals surface area contributed by atoms with Crippen molar-refractivity contribution >= 4 is 11.7 Å². The molecule has 0 heterocycles. The molecule has 0 aliphatic carbocycles. The number of carboxylic acids is 1. The van der Waals surface area contributed by atoms with E-state index in [1.807, 2.05) is 0 Å². The summed E-state index contributed by atoms with van der Waals surface area (Å²) in [7, 11) is 0. The highest BCUT2D eigenvalue weighted by Gasteiger charge is 2.29. The molecule has 0 radical (unpaired) electrons. The Labute approximate surface area is 95.1 Å². The molecule has 8 heteroatoms. The van der Waals surface area contributed by atoms with Crippen LogP contribution in [0.25, 0.3) is 0 Å². The molecule has 0 spiro atoms. The standard InChI is InChI=1S/C9H10N2O6/c10-7(9(14)15)8(13)5-3-4(12)1-2-6(5)11(16)17/h1-3,7-8,12-13H,10H2,(H,14,15). The van der Waals surface area contributed by atoms with Crippen molar-refractivity contribution in [1.82, 2.24) is 0 Å². The molecule has 0 aromatic heterocycles. The van der Waals surface area contributed by atoms with Gasteiger partial charge in [0.05, 0.1) is 10.5 Å². The summed E-state index contributed by atoms with van der Waals surface area (Å²) in [4.78, 5) is 20.4. The Kier molecular flexibility index (Phi) is 3.61. The van der Waals surface area contributed by atoms with Crippen LogP contribution >= 0.6 is 0 Å². The van der Waals surface area contributed by atoms with Gasteiger partial charge >= 0.3 is 5.97 Å². The molecule has 0 saturated carbocycles. The van der Waals surface area contributed by atoms with Crippen molar-refractivity contribution in [1.29, 1.82) is 0 Å². The van der Waals surface area contributed by atoms with Crippen LogP contribution in [-0.4, -0.2) is 32.3 Å². The van der Waals surface area contributed by atoms with Crippen LogP contribution in [0.1, 0.15) is 11.7 Å². The minimum absolute atomic E-state index is 0.331.